The Morgan fingerprint density at radius 1 is 1.00 bits per heavy atom. The molecule has 10 nitrogen and oxygen atoms in total. The molecule has 0 bridgehead atoms. The van der Waals surface area contributed by atoms with Crippen LogP contribution in [0.5, 0.6) is 34.5 Å². The van der Waals surface area contributed by atoms with Gasteiger partial charge in [0.1, 0.15) is 16.7 Å². The van der Waals surface area contributed by atoms with Gasteiger partial charge < -0.3 is 38.7 Å². The van der Waals surface area contributed by atoms with Crippen molar-refractivity contribution in [3.63, 3.8) is 0 Å². The lowest BCUT2D eigenvalue weighted by molar-refractivity contribution is -0.140. The number of ether oxygens (including phenoxy) is 4. The number of carbonyl (C=O) groups is 1. The van der Waals surface area contributed by atoms with E-state index in [0.29, 0.717) is 28.4 Å². The highest BCUT2D eigenvalue weighted by Crippen LogP contribution is 2.51. The molecule has 0 amide bonds. The summed E-state index contributed by atoms with van der Waals surface area (Å²) in [6, 6.07) is 13.1. The summed E-state index contributed by atoms with van der Waals surface area (Å²) in [6.45, 7) is -0.0414. The van der Waals surface area contributed by atoms with E-state index in [4.69, 9.17) is 23.4 Å². The molecule has 0 saturated carbocycles. The number of methoxy groups -OCH3 is 2. The number of hydrogen-bond acceptors (Lipinski definition) is 10. The van der Waals surface area contributed by atoms with Gasteiger partial charge >= 0.3 is 5.97 Å². The van der Waals surface area contributed by atoms with Crippen LogP contribution in [0.3, 0.4) is 0 Å². The maximum absolute atomic E-state index is 13.1. The topological polar surface area (TPSA) is 145 Å². The predicted octanol–water partition coefficient (Wildman–Crippen LogP) is 4.01. The molecule has 1 aromatic heterocycles. The van der Waals surface area contributed by atoms with E-state index >= 15 is 0 Å². The van der Waals surface area contributed by atoms with Crippen LogP contribution in [0.4, 0.5) is 0 Å². The minimum Gasteiger partial charge on any atom is -0.504 e. The van der Waals surface area contributed by atoms with Crippen LogP contribution in [0.2, 0.25) is 0 Å². The third kappa shape index (κ3) is 4.02. The molecule has 3 N–H and O–H groups in total. The number of fused-ring (bicyclic) bond motifs is 2. The summed E-state index contributed by atoms with van der Waals surface area (Å²) in [4.78, 5) is 25.7. The molecule has 10 heteroatoms. The van der Waals surface area contributed by atoms with Gasteiger partial charge in [0, 0.05) is 23.1 Å². The van der Waals surface area contributed by atoms with Gasteiger partial charge in [-0.3, -0.25) is 9.59 Å². The Labute approximate surface area is 209 Å². The number of phenols is 3. The van der Waals surface area contributed by atoms with Gasteiger partial charge in [-0.25, -0.2) is 0 Å². The molecule has 0 saturated heterocycles. The molecule has 1 aliphatic heterocycles. The zero-order valence-electron chi connectivity index (χ0n) is 19.8. The fourth-order valence-electron chi connectivity index (χ4n) is 4.43. The van der Waals surface area contributed by atoms with Gasteiger partial charge in [-0.15, -0.1) is 0 Å². The van der Waals surface area contributed by atoms with E-state index in [1.807, 2.05) is 0 Å². The average Bonchev–Trinajstić information content (AvgIpc) is 3.39. The van der Waals surface area contributed by atoms with Crippen LogP contribution in [0.15, 0.2) is 57.7 Å². The Morgan fingerprint density at radius 2 is 1.76 bits per heavy atom. The zero-order valence-corrected chi connectivity index (χ0v) is 19.8. The highest BCUT2D eigenvalue weighted by molar-refractivity contribution is 5.93. The van der Waals surface area contributed by atoms with Gasteiger partial charge in [0.15, 0.2) is 28.4 Å². The summed E-state index contributed by atoms with van der Waals surface area (Å²) >= 11 is 0. The number of aromatic hydroxyl groups is 3. The fourth-order valence-corrected chi connectivity index (χ4v) is 4.43. The fraction of sp³-hybridized carbons (Fsp3) is 0.185. The second kappa shape index (κ2) is 9.30. The summed E-state index contributed by atoms with van der Waals surface area (Å²) < 4.78 is 27.3. The second-order valence-corrected chi connectivity index (χ2v) is 8.29. The largest absolute Gasteiger partial charge is 0.504 e. The van der Waals surface area contributed by atoms with Crippen molar-refractivity contribution in [1.82, 2.24) is 0 Å². The summed E-state index contributed by atoms with van der Waals surface area (Å²) in [5.74, 6) is -3.05. The number of hydrogen-bond donors (Lipinski definition) is 3. The van der Waals surface area contributed by atoms with Crippen molar-refractivity contribution in [3.8, 4) is 45.8 Å². The van der Waals surface area contributed by atoms with E-state index in [0.717, 1.165) is 0 Å². The number of esters is 1. The third-order valence-electron chi connectivity index (χ3n) is 6.22. The number of carbonyl (C=O) groups excluding carboxylic acids is 1. The third-order valence-corrected chi connectivity index (χ3v) is 6.22. The maximum Gasteiger partial charge on any atom is 0.306 e. The van der Waals surface area contributed by atoms with Crippen molar-refractivity contribution in [3.05, 3.63) is 69.9 Å². The van der Waals surface area contributed by atoms with Gasteiger partial charge in [-0.1, -0.05) is 30.3 Å². The van der Waals surface area contributed by atoms with Crippen LogP contribution >= 0.6 is 0 Å². The van der Waals surface area contributed by atoms with E-state index in [1.165, 1.54) is 20.3 Å². The number of phenolic OH excluding ortho intramolecular Hbond substituents is 3. The molecular formula is C27H22O10. The number of benzene rings is 3. The lowest BCUT2D eigenvalue weighted by Crippen LogP contribution is -2.13. The lowest BCUT2D eigenvalue weighted by atomic mass is 9.85. The van der Waals surface area contributed by atoms with E-state index < -0.39 is 34.6 Å². The first-order valence-electron chi connectivity index (χ1n) is 11.2. The Hall–Kier alpha value is -4.86. The minimum absolute atomic E-state index is 0.0414. The molecule has 190 valence electrons. The van der Waals surface area contributed by atoms with Crippen LogP contribution in [0, 0.1) is 0 Å². The zero-order chi connectivity index (χ0) is 26.3. The van der Waals surface area contributed by atoms with Crippen molar-refractivity contribution in [1.29, 1.82) is 0 Å². The molecule has 5 rings (SSSR count). The summed E-state index contributed by atoms with van der Waals surface area (Å²) in [6.07, 6.45) is -0.328. The number of rotatable bonds is 6. The lowest BCUT2D eigenvalue weighted by Gasteiger charge is -2.22. The Bertz CT molecular complexity index is 1570. The van der Waals surface area contributed by atoms with E-state index in [9.17, 15) is 24.9 Å². The summed E-state index contributed by atoms with van der Waals surface area (Å²) in [5.41, 5.74) is 0.000141. The SMILES string of the molecule is COC(=O)C[C@@H](c1cc(OC)c2c(c1)OCO2)c1c(O)c(O)c(O)c2c(=O)cc(-c3ccccc3)oc12. The van der Waals surface area contributed by atoms with Crippen molar-refractivity contribution >= 4 is 16.9 Å². The highest BCUT2D eigenvalue weighted by Gasteiger charge is 2.33. The Balaban J connectivity index is 1.84. The Kier molecular flexibility index (Phi) is 6.00. The van der Waals surface area contributed by atoms with Crippen LogP contribution in [0.25, 0.3) is 22.3 Å². The van der Waals surface area contributed by atoms with Gasteiger partial charge in [-0.05, 0) is 17.7 Å². The molecule has 0 radical (unpaired) electrons. The quantitative estimate of drug-likeness (QED) is 0.259. The van der Waals surface area contributed by atoms with E-state index in [2.05, 4.69) is 0 Å². The van der Waals surface area contributed by atoms with E-state index in [-0.39, 0.29) is 35.5 Å². The average molecular weight is 506 g/mol. The van der Waals surface area contributed by atoms with E-state index in [1.54, 1.807) is 42.5 Å². The highest BCUT2D eigenvalue weighted by atomic mass is 16.7. The van der Waals surface area contributed by atoms with Crippen LogP contribution < -0.4 is 19.6 Å². The normalized spacial score (nSPS) is 12.9. The van der Waals surface area contributed by atoms with Gasteiger partial charge in [0.25, 0.3) is 0 Å². The molecule has 0 unspecified atom stereocenters. The summed E-state index contributed by atoms with van der Waals surface area (Å²) in [5, 5.41) is 31.9. The van der Waals surface area contributed by atoms with Gasteiger partial charge in [0.05, 0.1) is 20.6 Å². The molecule has 37 heavy (non-hydrogen) atoms. The van der Waals surface area contributed by atoms with Crippen molar-refractivity contribution < 1.29 is 43.5 Å². The molecule has 3 aromatic carbocycles. The predicted molar refractivity (Wildman–Crippen MR) is 131 cm³/mol. The first kappa shape index (κ1) is 23.9. The Morgan fingerprint density at radius 3 is 2.46 bits per heavy atom. The molecule has 2 heterocycles. The molecule has 0 fully saturated rings. The molecule has 0 aliphatic carbocycles. The standard InChI is InChI=1S/C27H22O10/c1-33-18-8-14(9-19-26(18)36-12-35-19)15(10-20(29)34-2)21-23(30)25(32)24(31)22-16(28)11-17(37-27(21)22)13-6-4-3-5-7-13/h3-9,11,15,30-32H,10,12H2,1-2H3/t15-/m0/s1. The molecule has 1 aliphatic rings. The van der Waals surface area contributed by atoms with Crippen LogP contribution in [-0.4, -0.2) is 42.3 Å². The van der Waals surface area contributed by atoms with Crippen molar-refractivity contribution in [2.75, 3.05) is 21.0 Å². The van der Waals surface area contributed by atoms with Crippen molar-refractivity contribution in [2.45, 2.75) is 12.3 Å². The summed E-state index contributed by atoms with van der Waals surface area (Å²) in [7, 11) is 2.64. The first-order chi connectivity index (χ1) is 17.8. The smallest absolute Gasteiger partial charge is 0.306 e. The first-order valence-corrected chi connectivity index (χ1v) is 11.2. The van der Waals surface area contributed by atoms with Gasteiger partial charge in [-0.2, -0.15) is 0 Å². The van der Waals surface area contributed by atoms with Crippen molar-refractivity contribution in [2.24, 2.45) is 0 Å². The maximum atomic E-state index is 13.1. The molecule has 0 spiro atoms. The molecular weight excluding hydrogens is 484 g/mol. The molecule has 1 atom stereocenters. The second-order valence-electron chi connectivity index (χ2n) is 8.29. The minimum atomic E-state index is -1.03. The molecule has 4 aromatic rings. The van der Waals surface area contributed by atoms with Crippen LogP contribution in [-0.2, 0) is 9.53 Å². The van der Waals surface area contributed by atoms with Gasteiger partial charge in [0.2, 0.25) is 18.3 Å². The van der Waals surface area contributed by atoms with Crippen LogP contribution in [0.1, 0.15) is 23.5 Å². The monoisotopic (exact) mass is 506 g/mol.